The van der Waals surface area contributed by atoms with Crippen molar-refractivity contribution in [3.8, 4) is 0 Å². The second-order valence-electron chi connectivity index (χ2n) is 5.40. The molecule has 4 rings (SSSR count). The molecule has 1 fully saturated rings. The number of halogens is 1. The smallest absolute Gasteiger partial charge is 0.204 e. The van der Waals surface area contributed by atoms with Gasteiger partial charge in [0.25, 0.3) is 0 Å². The molecule has 1 atom stereocenters. The summed E-state index contributed by atoms with van der Waals surface area (Å²) in [6.45, 7) is 1.88. The summed E-state index contributed by atoms with van der Waals surface area (Å²) in [6.07, 6.45) is -0.275. The minimum absolute atomic E-state index is 0.223. The van der Waals surface area contributed by atoms with Gasteiger partial charge in [0.15, 0.2) is 0 Å². The lowest BCUT2D eigenvalue weighted by Gasteiger charge is -2.33. The van der Waals surface area contributed by atoms with E-state index < -0.39 is 0 Å². The van der Waals surface area contributed by atoms with Crippen LogP contribution in [-0.2, 0) is 4.74 Å². The molecule has 112 valence electrons. The Balaban J connectivity index is 1.62. The fourth-order valence-corrected chi connectivity index (χ4v) is 2.86. The molecule has 1 aliphatic heterocycles. The Bertz CT molecular complexity index is 768. The van der Waals surface area contributed by atoms with Gasteiger partial charge in [-0.25, -0.2) is 9.37 Å². The highest BCUT2D eigenvalue weighted by molar-refractivity contribution is 5.77. The first-order chi connectivity index (χ1) is 10.8. The second kappa shape index (κ2) is 5.42. The number of morpholine rings is 1. The van der Waals surface area contributed by atoms with E-state index in [4.69, 9.17) is 4.74 Å². The van der Waals surface area contributed by atoms with Gasteiger partial charge in [0.05, 0.1) is 24.2 Å². The van der Waals surface area contributed by atoms with Crippen LogP contribution in [0.15, 0.2) is 48.5 Å². The first-order valence-corrected chi connectivity index (χ1v) is 7.37. The van der Waals surface area contributed by atoms with Crippen molar-refractivity contribution in [3.63, 3.8) is 0 Å². The summed E-state index contributed by atoms with van der Waals surface area (Å²) in [6, 6.07) is 14.7. The van der Waals surface area contributed by atoms with E-state index in [1.807, 2.05) is 30.3 Å². The van der Waals surface area contributed by atoms with Gasteiger partial charge in [0.1, 0.15) is 11.9 Å². The number of H-pyrrole nitrogens is 1. The van der Waals surface area contributed by atoms with Gasteiger partial charge < -0.3 is 14.6 Å². The molecule has 1 saturated heterocycles. The number of fused-ring (bicyclic) bond motifs is 1. The van der Waals surface area contributed by atoms with Crippen molar-refractivity contribution in [1.29, 1.82) is 0 Å². The molecule has 1 N–H and O–H groups in total. The van der Waals surface area contributed by atoms with E-state index in [0.29, 0.717) is 18.7 Å². The number of hydrogen-bond donors (Lipinski definition) is 1. The topological polar surface area (TPSA) is 41.2 Å². The lowest BCUT2D eigenvalue weighted by Crippen LogP contribution is -2.39. The molecule has 0 radical (unpaired) electrons. The summed E-state index contributed by atoms with van der Waals surface area (Å²) in [5, 5.41) is 0. The number of anilines is 1. The quantitative estimate of drug-likeness (QED) is 0.789. The number of nitrogens with zero attached hydrogens (tertiary/aromatic N) is 2. The third-order valence-electron chi connectivity index (χ3n) is 3.99. The Morgan fingerprint density at radius 1 is 1.14 bits per heavy atom. The standard InChI is InChI=1S/C17H16FN3O/c18-13-6-2-1-5-12(13)16-11-21(9-10-22-16)17-19-14-7-3-4-8-15(14)20-17/h1-8,16H,9-11H2,(H,19,20). The van der Waals surface area contributed by atoms with Gasteiger partial charge in [-0.2, -0.15) is 0 Å². The minimum Gasteiger partial charge on any atom is -0.370 e. The molecule has 0 amide bonds. The highest BCUT2D eigenvalue weighted by Crippen LogP contribution is 2.27. The van der Waals surface area contributed by atoms with Crippen LogP contribution >= 0.6 is 0 Å². The van der Waals surface area contributed by atoms with Crippen LogP contribution < -0.4 is 4.90 Å². The van der Waals surface area contributed by atoms with Crippen LogP contribution in [0.3, 0.4) is 0 Å². The number of imidazole rings is 1. The highest BCUT2D eigenvalue weighted by Gasteiger charge is 2.25. The Labute approximate surface area is 127 Å². The van der Waals surface area contributed by atoms with Crippen LogP contribution in [0.4, 0.5) is 10.3 Å². The number of aromatic amines is 1. The maximum Gasteiger partial charge on any atom is 0.204 e. The van der Waals surface area contributed by atoms with Crippen molar-refractivity contribution in [2.24, 2.45) is 0 Å². The third-order valence-corrected chi connectivity index (χ3v) is 3.99. The van der Waals surface area contributed by atoms with Gasteiger partial charge in [-0.15, -0.1) is 0 Å². The summed E-state index contributed by atoms with van der Waals surface area (Å²) in [4.78, 5) is 10.0. The zero-order valence-electron chi connectivity index (χ0n) is 12.0. The summed E-state index contributed by atoms with van der Waals surface area (Å²) in [5.74, 6) is 0.588. The Kier molecular flexibility index (Phi) is 3.27. The Morgan fingerprint density at radius 3 is 2.82 bits per heavy atom. The van der Waals surface area contributed by atoms with Gasteiger partial charge in [-0.05, 0) is 18.2 Å². The largest absolute Gasteiger partial charge is 0.370 e. The summed E-state index contributed by atoms with van der Waals surface area (Å²) in [5.41, 5.74) is 2.54. The van der Waals surface area contributed by atoms with Crippen molar-refractivity contribution in [2.75, 3.05) is 24.6 Å². The molecular weight excluding hydrogens is 281 g/mol. The SMILES string of the molecule is Fc1ccccc1C1CN(c2nc3ccccc3[nH]2)CCO1. The lowest BCUT2D eigenvalue weighted by atomic mass is 10.1. The molecule has 1 aromatic heterocycles. The van der Waals surface area contributed by atoms with E-state index in [9.17, 15) is 4.39 Å². The molecular formula is C17H16FN3O. The number of ether oxygens (including phenoxy) is 1. The second-order valence-corrected chi connectivity index (χ2v) is 5.40. The molecule has 5 heteroatoms. The summed E-state index contributed by atoms with van der Waals surface area (Å²) in [7, 11) is 0. The Hall–Kier alpha value is -2.40. The molecule has 0 aliphatic carbocycles. The monoisotopic (exact) mass is 297 g/mol. The number of aromatic nitrogens is 2. The van der Waals surface area contributed by atoms with Gasteiger partial charge in [0.2, 0.25) is 5.95 Å². The van der Waals surface area contributed by atoms with E-state index >= 15 is 0 Å². The van der Waals surface area contributed by atoms with E-state index in [-0.39, 0.29) is 11.9 Å². The number of hydrogen-bond acceptors (Lipinski definition) is 3. The number of para-hydroxylation sites is 2. The van der Waals surface area contributed by atoms with Crippen LogP contribution in [-0.4, -0.2) is 29.7 Å². The normalized spacial score (nSPS) is 18.8. The number of nitrogens with one attached hydrogen (secondary N) is 1. The molecule has 2 aromatic carbocycles. The van der Waals surface area contributed by atoms with E-state index in [1.54, 1.807) is 12.1 Å². The van der Waals surface area contributed by atoms with E-state index in [1.165, 1.54) is 6.07 Å². The van der Waals surface area contributed by atoms with E-state index in [0.717, 1.165) is 23.5 Å². The van der Waals surface area contributed by atoms with Crippen LogP contribution in [0.1, 0.15) is 11.7 Å². The summed E-state index contributed by atoms with van der Waals surface area (Å²) < 4.78 is 19.7. The van der Waals surface area contributed by atoms with Crippen molar-refractivity contribution >= 4 is 17.0 Å². The fraction of sp³-hybridized carbons (Fsp3) is 0.235. The number of benzene rings is 2. The lowest BCUT2D eigenvalue weighted by molar-refractivity contribution is 0.0370. The average molecular weight is 297 g/mol. The maximum absolute atomic E-state index is 13.9. The fourth-order valence-electron chi connectivity index (χ4n) is 2.86. The first kappa shape index (κ1) is 13.3. The van der Waals surface area contributed by atoms with Crippen LogP contribution in [0.5, 0.6) is 0 Å². The molecule has 0 saturated carbocycles. The van der Waals surface area contributed by atoms with Gasteiger partial charge in [0, 0.05) is 12.1 Å². The Morgan fingerprint density at radius 2 is 1.95 bits per heavy atom. The molecule has 4 nitrogen and oxygen atoms in total. The zero-order chi connectivity index (χ0) is 14.9. The van der Waals surface area contributed by atoms with Crippen molar-refractivity contribution in [2.45, 2.75) is 6.10 Å². The molecule has 1 unspecified atom stereocenters. The summed E-state index contributed by atoms with van der Waals surface area (Å²) >= 11 is 0. The molecule has 22 heavy (non-hydrogen) atoms. The maximum atomic E-state index is 13.9. The highest BCUT2D eigenvalue weighted by atomic mass is 19.1. The molecule has 3 aromatic rings. The van der Waals surface area contributed by atoms with E-state index in [2.05, 4.69) is 14.9 Å². The van der Waals surface area contributed by atoms with Crippen LogP contribution in [0.2, 0.25) is 0 Å². The van der Waals surface area contributed by atoms with Crippen LogP contribution in [0, 0.1) is 5.82 Å². The number of rotatable bonds is 2. The molecule has 0 spiro atoms. The van der Waals surface area contributed by atoms with Gasteiger partial charge >= 0.3 is 0 Å². The van der Waals surface area contributed by atoms with Crippen molar-refractivity contribution < 1.29 is 9.13 Å². The molecule has 2 heterocycles. The first-order valence-electron chi connectivity index (χ1n) is 7.37. The predicted molar refractivity (Wildman–Crippen MR) is 83.4 cm³/mol. The molecule has 0 bridgehead atoms. The average Bonchev–Trinajstić information content (AvgIpc) is 2.99. The molecule has 1 aliphatic rings. The van der Waals surface area contributed by atoms with Crippen molar-refractivity contribution in [1.82, 2.24) is 9.97 Å². The third kappa shape index (κ3) is 2.33. The van der Waals surface area contributed by atoms with Gasteiger partial charge in [-0.1, -0.05) is 30.3 Å². The minimum atomic E-state index is -0.275. The van der Waals surface area contributed by atoms with Crippen molar-refractivity contribution in [3.05, 3.63) is 59.9 Å². The van der Waals surface area contributed by atoms with Gasteiger partial charge in [-0.3, -0.25) is 0 Å². The zero-order valence-corrected chi connectivity index (χ0v) is 12.0. The predicted octanol–water partition coefficient (Wildman–Crippen LogP) is 3.28. The van der Waals surface area contributed by atoms with Crippen LogP contribution in [0.25, 0.3) is 11.0 Å².